The van der Waals surface area contributed by atoms with Crippen LogP contribution in [0.4, 0.5) is 5.69 Å². The summed E-state index contributed by atoms with van der Waals surface area (Å²) in [7, 11) is 0. The van der Waals surface area contributed by atoms with Crippen LogP contribution < -0.4 is 0 Å². The molecular formula is C18H23NO5. The van der Waals surface area contributed by atoms with E-state index in [2.05, 4.69) is 0 Å². The third kappa shape index (κ3) is 4.20. The number of benzene rings is 1. The molecule has 0 heterocycles. The number of carbonyl (C=O) groups is 1. The number of ether oxygens (including phenoxy) is 1. The molecule has 1 aromatic carbocycles. The highest BCUT2D eigenvalue weighted by Gasteiger charge is 2.36. The molecule has 3 atom stereocenters. The zero-order valence-corrected chi connectivity index (χ0v) is 14.0. The van der Waals surface area contributed by atoms with Gasteiger partial charge in [-0.3, -0.25) is 14.9 Å². The largest absolute Gasteiger partial charge is 0.457 e. The van der Waals surface area contributed by atoms with Crippen LogP contribution in [0.2, 0.25) is 0 Å². The fraction of sp³-hybridized carbons (Fsp3) is 0.500. The minimum absolute atomic E-state index is 0.0565. The number of carbonyl (C=O) groups excluding carboxylic acids is 1. The first-order valence-electron chi connectivity index (χ1n) is 8.12. The van der Waals surface area contributed by atoms with E-state index < -0.39 is 22.5 Å². The van der Waals surface area contributed by atoms with Crippen molar-refractivity contribution in [3.63, 3.8) is 0 Å². The van der Waals surface area contributed by atoms with Gasteiger partial charge in [-0.05, 0) is 45.6 Å². The number of nitrogens with zero attached hydrogens (tertiary/aromatic N) is 1. The van der Waals surface area contributed by atoms with Gasteiger partial charge in [0.25, 0.3) is 5.69 Å². The maximum atomic E-state index is 12.7. The molecule has 0 amide bonds. The summed E-state index contributed by atoms with van der Waals surface area (Å²) >= 11 is 0. The molecule has 0 bridgehead atoms. The Morgan fingerprint density at radius 2 is 2.12 bits per heavy atom. The SMILES string of the molecule is CC(OC(=O)[C@]1(C)CC/C=C/[C@H](O)CC1)c1ccccc1[N+](=O)[O-]. The molecule has 1 aliphatic rings. The van der Waals surface area contributed by atoms with Gasteiger partial charge < -0.3 is 9.84 Å². The van der Waals surface area contributed by atoms with E-state index in [-0.39, 0.29) is 11.7 Å². The Bertz CT molecular complexity index is 642. The Kier molecular flexibility index (Phi) is 5.72. The summed E-state index contributed by atoms with van der Waals surface area (Å²) in [6, 6.07) is 6.27. The molecule has 2 rings (SSSR count). The van der Waals surface area contributed by atoms with Crippen molar-refractivity contribution in [3.05, 3.63) is 52.1 Å². The van der Waals surface area contributed by atoms with Crippen LogP contribution in [0.25, 0.3) is 0 Å². The lowest BCUT2D eigenvalue weighted by Crippen LogP contribution is -2.32. The average molecular weight is 333 g/mol. The first-order valence-corrected chi connectivity index (χ1v) is 8.12. The summed E-state index contributed by atoms with van der Waals surface area (Å²) < 4.78 is 5.55. The van der Waals surface area contributed by atoms with Crippen molar-refractivity contribution < 1.29 is 19.6 Å². The lowest BCUT2D eigenvalue weighted by molar-refractivity contribution is -0.386. The summed E-state index contributed by atoms with van der Waals surface area (Å²) in [4.78, 5) is 23.3. The molecule has 0 aliphatic heterocycles. The van der Waals surface area contributed by atoms with E-state index in [9.17, 15) is 20.0 Å². The Labute approximate surface area is 141 Å². The number of aliphatic hydroxyl groups excluding tert-OH is 1. The number of nitro benzene ring substituents is 1. The fourth-order valence-electron chi connectivity index (χ4n) is 2.91. The minimum Gasteiger partial charge on any atom is -0.457 e. The van der Waals surface area contributed by atoms with Gasteiger partial charge in [-0.15, -0.1) is 0 Å². The van der Waals surface area contributed by atoms with E-state index >= 15 is 0 Å². The van der Waals surface area contributed by atoms with Crippen molar-refractivity contribution in [1.82, 2.24) is 0 Å². The first kappa shape index (κ1) is 18.1. The molecule has 0 saturated heterocycles. The number of allylic oxidation sites excluding steroid dienone is 1. The standard InChI is InChI=1S/C18H23NO5/c1-13(15-8-3-4-9-16(15)19(22)23)24-17(21)18(2)11-6-5-7-14(20)10-12-18/h3-5,7-9,13-14,20H,6,10-12H2,1-2H3/b7-5+/t13?,14-,18+/m0/s1. The van der Waals surface area contributed by atoms with Crippen molar-refractivity contribution in [2.24, 2.45) is 5.41 Å². The van der Waals surface area contributed by atoms with Gasteiger partial charge in [0, 0.05) is 6.07 Å². The Morgan fingerprint density at radius 1 is 1.42 bits per heavy atom. The topological polar surface area (TPSA) is 89.7 Å². The van der Waals surface area contributed by atoms with Crippen molar-refractivity contribution in [2.75, 3.05) is 0 Å². The number of aliphatic hydroxyl groups is 1. The summed E-state index contributed by atoms with van der Waals surface area (Å²) in [6.45, 7) is 3.47. The summed E-state index contributed by atoms with van der Waals surface area (Å²) in [6.07, 6.45) is 4.68. The van der Waals surface area contributed by atoms with Crippen LogP contribution in [-0.4, -0.2) is 22.1 Å². The van der Waals surface area contributed by atoms with Gasteiger partial charge in [-0.1, -0.05) is 24.3 Å². The summed E-state index contributed by atoms with van der Waals surface area (Å²) in [5.41, 5.74) is -0.381. The van der Waals surface area contributed by atoms with Gasteiger partial charge >= 0.3 is 5.97 Å². The van der Waals surface area contributed by atoms with Gasteiger partial charge in [0.1, 0.15) is 6.10 Å². The number of nitro groups is 1. The van der Waals surface area contributed by atoms with E-state index in [0.29, 0.717) is 31.2 Å². The predicted molar refractivity (Wildman–Crippen MR) is 89.3 cm³/mol. The second-order valence-electron chi connectivity index (χ2n) is 6.50. The van der Waals surface area contributed by atoms with Crippen LogP contribution in [0.15, 0.2) is 36.4 Å². The van der Waals surface area contributed by atoms with Crippen LogP contribution >= 0.6 is 0 Å². The molecule has 1 aromatic rings. The normalized spacial score (nSPS) is 26.7. The average Bonchev–Trinajstić information content (AvgIpc) is 2.55. The number of esters is 1. The molecule has 0 spiro atoms. The van der Waals surface area contributed by atoms with Crippen LogP contribution in [0.3, 0.4) is 0 Å². The van der Waals surface area contributed by atoms with Gasteiger partial charge in [0.2, 0.25) is 0 Å². The molecule has 1 unspecified atom stereocenters. The number of rotatable bonds is 4. The number of hydrogen-bond donors (Lipinski definition) is 1. The van der Waals surface area contributed by atoms with Crippen molar-refractivity contribution in [1.29, 1.82) is 0 Å². The molecule has 130 valence electrons. The van der Waals surface area contributed by atoms with Gasteiger partial charge in [0.15, 0.2) is 0 Å². The van der Waals surface area contributed by atoms with Crippen molar-refractivity contribution in [2.45, 2.75) is 51.7 Å². The van der Waals surface area contributed by atoms with Crippen LogP contribution in [0.1, 0.15) is 51.2 Å². The zero-order valence-electron chi connectivity index (χ0n) is 14.0. The summed E-state index contributed by atoms with van der Waals surface area (Å²) in [5.74, 6) is -0.379. The predicted octanol–water partition coefficient (Wildman–Crippen LogP) is 3.70. The summed E-state index contributed by atoms with van der Waals surface area (Å²) in [5, 5.41) is 20.9. The second-order valence-corrected chi connectivity index (χ2v) is 6.50. The lowest BCUT2D eigenvalue weighted by atomic mass is 9.79. The van der Waals surface area contributed by atoms with E-state index in [4.69, 9.17) is 4.74 Å². The Balaban J connectivity index is 2.13. The second kappa shape index (κ2) is 7.57. The van der Waals surface area contributed by atoms with E-state index in [1.165, 1.54) is 6.07 Å². The highest BCUT2D eigenvalue weighted by atomic mass is 16.6. The van der Waals surface area contributed by atoms with Crippen LogP contribution in [0.5, 0.6) is 0 Å². The zero-order chi connectivity index (χ0) is 17.7. The third-order valence-electron chi connectivity index (χ3n) is 4.56. The van der Waals surface area contributed by atoms with E-state index in [1.54, 1.807) is 31.2 Å². The molecule has 24 heavy (non-hydrogen) atoms. The van der Waals surface area contributed by atoms with E-state index in [1.807, 2.05) is 13.0 Å². The van der Waals surface area contributed by atoms with E-state index in [0.717, 1.165) is 0 Å². The molecule has 0 fully saturated rings. The molecule has 6 nitrogen and oxygen atoms in total. The molecule has 0 radical (unpaired) electrons. The fourth-order valence-corrected chi connectivity index (χ4v) is 2.91. The molecule has 1 aliphatic carbocycles. The third-order valence-corrected chi connectivity index (χ3v) is 4.56. The van der Waals surface area contributed by atoms with Gasteiger partial charge in [-0.2, -0.15) is 0 Å². The molecular weight excluding hydrogens is 310 g/mol. The van der Waals surface area contributed by atoms with Crippen molar-refractivity contribution >= 4 is 11.7 Å². The molecule has 6 heteroatoms. The highest BCUT2D eigenvalue weighted by molar-refractivity contribution is 5.76. The minimum atomic E-state index is -0.707. The lowest BCUT2D eigenvalue weighted by Gasteiger charge is -2.30. The Morgan fingerprint density at radius 3 is 2.83 bits per heavy atom. The number of hydrogen-bond acceptors (Lipinski definition) is 5. The maximum absolute atomic E-state index is 12.7. The number of para-hydroxylation sites is 1. The molecule has 0 saturated carbocycles. The van der Waals surface area contributed by atoms with Gasteiger partial charge in [-0.25, -0.2) is 0 Å². The Hall–Kier alpha value is -2.21. The van der Waals surface area contributed by atoms with Crippen LogP contribution in [0, 0.1) is 15.5 Å². The van der Waals surface area contributed by atoms with Crippen LogP contribution in [-0.2, 0) is 9.53 Å². The van der Waals surface area contributed by atoms with Gasteiger partial charge in [0.05, 0.1) is 22.0 Å². The maximum Gasteiger partial charge on any atom is 0.312 e. The molecule has 1 N–H and O–H groups in total. The highest BCUT2D eigenvalue weighted by Crippen LogP contribution is 2.36. The molecule has 0 aromatic heterocycles. The monoisotopic (exact) mass is 333 g/mol. The quantitative estimate of drug-likeness (QED) is 0.393. The van der Waals surface area contributed by atoms with Crippen molar-refractivity contribution in [3.8, 4) is 0 Å². The smallest absolute Gasteiger partial charge is 0.312 e. The first-order chi connectivity index (χ1) is 11.3.